The van der Waals surface area contributed by atoms with E-state index in [0.717, 1.165) is 12.1 Å². The monoisotopic (exact) mass is 345 g/mol. The van der Waals surface area contributed by atoms with Gasteiger partial charge in [-0.15, -0.1) is 0 Å². The smallest absolute Gasteiger partial charge is 0.390 e. The number of nitrogens with zero attached hydrogens (tertiary/aromatic N) is 2. The Labute approximate surface area is 141 Å². The summed E-state index contributed by atoms with van der Waals surface area (Å²) in [5.74, 6) is 0. The van der Waals surface area contributed by atoms with Crippen LogP contribution in [0.4, 0.5) is 13.2 Å². The second-order valence-corrected chi connectivity index (χ2v) is 5.52. The third-order valence-corrected chi connectivity index (χ3v) is 3.74. The van der Waals surface area contributed by atoms with E-state index in [0.29, 0.717) is 22.3 Å². The van der Waals surface area contributed by atoms with E-state index < -0.39 is 18.3 Å². The number of aliphatic hydroxyl groups is 1. The summed E-state index contributed by atoms with van der Waals surface area (Å²) < 4.78 is 38.0. The second-order valence-electron chi connectivity index (χ2n) is 5.52. The molecule has 0 spiro atoms. The maximum Gasteiger partial charge on any atom is 0.416 e. The first-order chi connectivity index (χ1) is 11.9. The fourth-order valence-electron chi connectivity index (χ4n) is 2.48. The van der Waals surface area contributed by atoms with Crippen LogP contribution in [0.2, 0.25) is 0 Å². The van der Waals surface area contributed by atoms with Crippen molar-refractivity contribution in [2.24, 2.45) is 0 Å². The van der Waals surface area contributed by atoms with E-state index in [4.69, 9.17) is 5.41 Å². The minimum Gasteiger partial charge on any atom is -0.390 e. The van der Waals surface area contributed by atoms with Crippen molar-refractivity contribution in [1.82, 2.24) is 9.97 Å². The third-order valence-electron chi connectivity index (χ3n) is 3.74. The standard InChI is InChI=1S/C18H14F3N3O/c19-18(20,21)12-7-5-11(6-8-12)9-16-17(13(22)10-25)24-15-4-2-1-3-14(15)23-16/h1-8,22,25H,9-10H2. The highest BCUT2D eigenvalue weighted by Crippen LogP contribution is 2.29. The molecular formula is C18H14F3N3O. The van der Waals surface area contributed by atoms with E-state index in [1.165, 1.54) is 12.1 Å². The van der Waals surface area contributed by atoms with Gasteiger partial charge in [-0.2, -0.15) is 13.2 Å². The Kier molecular flexibility index (Phi) is 4.50. The summed E-state index contributed by atoms with van der Waals surface area (Å²) in [6.07, 6.45) is -4.17. The van der Waals surface area contributed by atoms with Gasteiger partial charge in [0.15, 0.2) is 0 Å². The number of benzene rings is 2. The number of halogens is 3. The summed E-state index contributed by atoms with van der Waals surface area (Å²) in [6.45, 7) is -0.493. The molecule has 2 aromatic carbocycles. The average Bonchev–Trinajstić information content (AvgIpc) is 2.60. The summed E-state index contributed by atoms with van der Waals surface area (Å²) in [5.41, 5.74) is 1.72. The Morgan fingerprint density at radius 3 is 2.12 bits per heavy atom. The van der Waals surface area contributed by atoms with Crippen molar-refractivity contribution < 1.29 is 18.3 Å². The van der Waals surface area contributed by atoms with Crippen LogP contribution < -0.4 is 0 Å². The highest BCUT2D eigenvalue weighted by molar-refractivity contribution is 5.99. The maximum absolute atomic E-state index is 12.7. The van der Waals surface area contributed by atoms with Gasteiger partial charge in [-0.3, -0.25) is 0 Å². The van der Waals surface area contributed by atoms with Crippen molar-refractivity contribution in [3.05, 3.63) is 71.0 Å². The fraction of sp³-hybridized carbons (Fsp3) is 0.167. The molecule has 0 aliphatic rings. The summed E-state index contributed by atoms with van der Waals surface area (Å²) in [4.78, 5) is 8.85. The zero-order valence-corrected chi connectivity index (χ0v) is 13.0. The number of rotatable bonds is 4. The number of para-hydroxylation sites is 2. The molecule has 0 bridgehead atoms. The zero-order chi connectivity index (χ0) is 18.0. The van der Waals surface area contributed by atoms with E-state index >= 15 is 0 Å². The predicted molar refractivity (Wildman–Crippen MR) is 87.7 cm³/mol. The quantitative estimate of drug-likeness (QED) is 0.710. The Morgan fingerprint density at radius 2 is 1.56 bits per heavy atom. The molecule has 1 heterocycles. The summed E-state index contributed by atoms with van der Waals surface area (Å²) in [7, 11) is 0. The molecule has 0 fully saturated rings. The molecule has 0 unspecified atom stereocenters. The number of aliphatic hydroxyl groups excluding tert-OH is 1. The van der Waals surface area contributed by atoms with E-state index in [1.807, 2.05) is 0 Å². The third kappa shape index (κ3) is 3.66. The van der Waals surface area contributed by atoms with Crippen LogP contribution in [0, 0.1) is 5.41 Å². The number of fused-ring (bicyclic) bond motifs is 1. The fourth-order valence-corrected chi connectivity index (χ4v) is 2.48. The molecule has 0 atom stereocenters. The summed E-state index contributed by atoms with van der Waals surface area (Å²) >= 11 is 0. The van der Waals surface area contributed by atoms with Gasteiger partial charge in [0.25, 0.3) is 0 Å². The molecule has 0 aliphatic heterocycles. The zero-order valence-electron chi connectivity index (χ0n) is 13.0. The van der Waals surface area contributed by atoms with Crippen LogP contribution in [-0.4, -0.2) is 27.4 Å². The molecule has 3 rings (SSSR count). The SMILES string of the molecule is N=C(CO)c1nc2ccccc2nc1Cc1ccc(C(F)(F)F)cc1. The number of hydrogen-bond acceptors (Lipinski definition) is 4. The van der Waals surface area contributed by atoms with E-state index in [-0.39, 0.29) is 17.8 Å². The normalized spacial score (nSPS) is 11.7. The van der Waals surface area contributed by atoms with Crippen molar-refractivity contribution in [2.75, 3.05) is 6.61 Å². The van der Waals surface area contributed by atoms with Crippen LogP contribution >= 0.6 is 0 Å². The van der Waals surface area contributed by atoms with Crippen LogP contribution in [0.3, 0.4) is 0 Å². The van der Waals surface area contributed by atoms with Gasteiger partial charge in [-0.1, -0.05) is 24.3 Å². The molecule has 128 valence electrons. The molecule has 7 heteroatoms. The molecule has 0 radical (unpaired) electrons. The van der Waals surface area contributed by atoms with Crippen molar-refractivity contribution in [1.29, 1.82) is 5.41 Å². The number of nitrogens with one attached hydrogen (secondary N) is 1. The van der Waals surface area contributed by atoms with Gasteiger partial charge < -0.3 is 10.5 Å². The number of hydrogen-bond donors (Lipinski definition) is 2. The molecule has 0 saturated carbocycles. The Morgan fingerprint density at radius 1 is 0.960 bits per heavy atom. The van der Waals surface area contributed by atoms with Crippen LogP contribution in [0.15, 0.2) is 48.5 Å². The summed E-state index contributed by atoms with van der Waals surface area (Å²) in [5, 5.41) is 17.1. The maximum atomic E-state index is 12.7. The predicted octanol–water partition coefficient (Wildman–Crippen LogP) is 3.60. The van der Waals surface area contributed by atoms with Crippen molar-refractivity contribution in [2.45, 2.75) is 12.6 Å². The first-order valence-electron chi connectivity index (χ1n) is 7.49. The minimum atomic E-state index is -4.38. The van der Waals surface area contributed by atoms with Crippen molar-refractivity contribution >= 4 is 16.7 Å². The lowest BCUT2D eigenvalue weighted by Crippen LogP contribution is -2.13. The molecule has 4 nitrogen and oxygen atoms in total. The van der Waals surface area contributed by atoms with Gasteiger partial charge in [0.1, 0.15) is 5.69 Å². The Hall–Kier alpha value is -2.80. The van der Waals surface area contributed by atoms with Gasteiger partial charge in [-0.05, 0) is 29.8 Å². The molecule has 3 aromatic rings. The van der Waals surface area contributed by atoms with Gasteiger partial charge in [-0.25, -0.2) is 9.97 Å². The number of alkyl halides is 3. The van der Waals surface area contributed by atoms with E-state index in [2.05, 4.69) is 9.97 Å². The lowest BCUT2D eigenvalue weighted by molar-refractivity contribution is -0.137. The first kappa shape index (κ1) is 17.0. The highest BCUT2D eigenvalue weighted by atomic mass is 19.4. The molecule has 0 saturated heterocycles. The molecule has 25 heavy (non-hydrogen) atoms. The average molecular weight is 345 g/mol. The van der Waals surface area contributed by atoms with E-state index in [1.54, 1.807) is 24.3 Å². The lowest BCUT2D eigenvalue weighted by Gasteiger charge is -2.11. The van der Waals surface area contributed by atoms with Gasteiger partial charge >= 0.3 is 6.18 Å². The molecule has 0 amide bonds. The first-order valence-corrected chi connectivity index (χ1v) is 7.49. The Bertz CT molecular complexity index is 921. The minimum absolute atomic E-state index is 0.0832. The van der Waals surface area contributed by atoms with Gasteiger partial charge in [0.2, 0.25) is 0 Å². The molecule has 2 N–H and O–H groups in total. The van der Waals surface area contributed by atoms with Crippen LogP contribution in [-0.2, 0) is 12.6 Å². The molecule has 0 aliphatic carbocycles. The molecular weight excluding hydrogens is 331 g/mol. The van der Waals surface area contributed by atoms with Crippen LogP contribution in [0.5, 0.6) is 0 Å². The van der Waals surface area contributed by atoms with Gasteiger partial charge in [0, 0.05) is 6.42 Å². The topological polar surface area (TPSA) is 69.9 Å². The molecule has 1 aromatic heterocycles. The van der Waals surface area contributed by atoms with Crippen molar-refractivity contribution in [3.8, 4) is 0 Å². The second kappa shape index (κ2) is 6.60. The summed E-state index contributed by atoms with van der Waals surface area (Å²) in [6, 6.07) is 11.9. The van der Waals surface area contributed by atoms with Crippen molar-refractivity contribution in [3.63, 3.8) is 0 Å². The van der Waals surface area contributed by atoms with Crippen LogP contribution in [0.25, 0.3) is 11.0 Å². The van der Waals surface area contributed by atoms with Gasteiger partial charge in [0.05, 0.1) is 34.6 Å². The Balaban J connectivity index is 2.00. The lowest BCUT2D eigenvalue weighted by atomic mass is 10.0. The van der Waals surface area contributed by atoms with Crippen LogP contribution in [0.1, 0.15) is 22.5 Å². The largest absolute Gasteiger partial charge is 0.416 e. The number of aromatic nitrogens is 2. The van der Waals surface area contributed by atoms with E-state index in [9.17, 15) is 18.3 Å². The highest BCUT2D eigenvalue weighted by Gasteiger charge is 2.30.